The van der Waals surface area contributed by atoms with Gasteiger partial charge >= 0.3 is 13.5 Å². The van der Waals surface area contributed by atoms with Crippen LogP contribution in [0.3, 0.4) is 0 Å². The van der Waals surface area contributed by atoms with Crippen LogP contribution >= 0.6 is 7.52 Å². The molecule has 1 fully saturated rings. The second-order valence-corrected chi connectivity index (χ2v) is 8.19. The summed E-state index contributed by atoms with van der Waals surface area (Å²) < 4.78 is 31.4. The van der Waals surface area contributed by atoms with Gasteiger partial charge < -0.3 is 14.0 Å². The zero-order valence-electron chi connectivity index (χ0n) is 14.7. The summed E-state index contributed by atoms with van der Waals surface area (Å²) in [6.07, 6.45) is 0.721. The number of hydrogen-bond acceptors (Lipinski definition) is 5. The number of carbonyl (C=O) groups excluding carboxylic acids is 1. The van der Waals surface area contributed by atoms with Crippen molar-refractivity contribution in [2.75, 3.05) is 26.3 Å². The van der Waals surface area contributed by atoms with E-state index in [9.17, 15) is 9.36 Å². The van der Waals surface area contributed by atoms with Gasteiger partial charge in [0.05, 0.1) is 18.5 Å². The van der Waals surface area contributed by atoms with Crippen LogP contribution in [-0.2, 0) is 18.6 Å². The first kappa shape index (κ1) is 18.6. The van der Waals surface area contributed by atoms with Crippen LogP contribution in [0.25, 0.3) is 0 Å². The van der Waals surface area contributed by atoms with Gasteiger partial charge in [-0.15, -0.1) is 0 Å². The lowest BCUT2D eigenvalue weighted by Gasteiger charge is -2.34. The van der Waals surface area contributed by atoms with Gasteiger partial charge in [0.2, 0.25) is 0 Å². The maximum Gasteiger partial charge on any atom is 0.320 e. The van der Waals surface area contributed by atoms with Gasteiger partial charge in [0.25, 0.3) is 0 Å². The zero-order chi connectivity index (χ0) is 18.4. The van der Waals surface area contributed by atoms with Crippen LogP contribution in [0.4, 0.5) is 0 Å². The fraction of sp³-hybridized carbons (Fsp3) is 0.316. The molecule has 1 aliphatic rings. The van der Waals surface area contributed by atoms with Gasteiger partial charge in [0, 0.05) is 6.54 Å². The molecule has 2 aromatic carbocycles. The molecule has 0 aliphatic carbocycles. The summed E-state index contributed by atoms with van der Waals surface area (Å²) in [5, 5.41) is 0.543. The van der Waals surface area contributed by atoms with Crippen molar-refractivity contribution in [2.45, 2.75) is 13.3 Å². The monoisotopic (exact) mass is 375 g/mol. The number of carbonyl (C=O) groups is 1. The molecule has 6 nitrogen and oxygen atoms in total. The van der Waals surface area contributed by atoms with Crippen LogP contribution in [0.2, 0.25) is 0 Å². The first-order valence-electron chi connectivity index (χ1n) is 8.61. The van der Waals surface area contributed by atoms with Gasteiger partial charge in [-0.1, -0.05) is 18.2 Å². The Balaban J connectivity index is 1.76. The van der Waals surface area contributed by atoms with Gasteiger partial charge in [-0.25, -0.2) is 4.67 Å². The van der Waals surface area contributed by atoms with Crippen LogP contribution in [0, 0.1) is 0 Å². The third-order valence-electron chi connectivity index (χ3n) is 3.96. The highest BCUT2D eigenvalue weighted by atomic mass is 31.2. The summed E-state index contributed by atoms with van der Waals surface area (Å²) in [4.78, 5) is 11.8. The number of nitrogens with zero attached hydrogens (tertiary/aromatic N) is 1. The van der Waals surface area contributed by atoms with Crippen molar-refractivity contribution in [3.8, 4) is 11.5 Å². The van der Waals surface area contributed by atoms with Crippen LogP contribution in [0.5, 0.6) is 11.5 Å². The Morgan fingerprint density at radius 2 is 1.81 bits per heavy atom. The van der Waals surface area contributed by atoms with Crippen molar-refractivity contribution >= 4 is 18.8 Å². The molecule has 0 aromatic heterocycles. The van der Waals surface area contributed by atoms with E-state index in [0.717, 1.165) is 12.2 Å². The maximum atomic E-state index is 13.4. The predicted octanol–water partition coefficient (Wildman–Crippen LogP) is 3.58. The molecule has 1 atom stereocenters. The smallest absolute Gasteiger partial charge is 0.320 e. The van der Waals surface area contributed by atoms with Crippen molar-refractivity contribution < 1.29 is 23.4 Å². The van der Waals surface area contributed by atoms with Gasteiger partial charge in [-0.2, -0.15) is 0 Å². The first-order valence-corrected chi connectivity index (χ1v) is 10.2. The standard InChI is InChI=1S/C19H22NO5P/c1-2-23-19(21)15-20-13-6-14-24-26(20,22)18-11-9-17(10-12-18)25-16-7-4-3-5-8-16/h3-5,7-12H,2,6,13-15H2,1H3. The molecule has 0 N–H and O–H groups in total. The van der Waals surface area contributed by atoms with Crippen LogP contribution in [-0.4, -0.2) is 36.9 Å². The second kappa shape index (κ2) is 8.49. The SMILES string of the molecule is CCOC(=O)CN1CCCOP1(=O)c1ccc(Oc2ccccc2)cc1. The number of esters is 1. The van der Waals surface area contributed by atoms with Crippen molar-refractivity contribution in [1.82, 2.24) is 4.67 Å². The van der Waals surface area contributed by atoms with Crippen molar-refractivity contribution in [2.24, 2.45) is 0 Å². The Bertz CT molecular complexity index is 778. The molecule has 1 unspecified atom stereocenters. The average Bonchev–Trinajstić information content (AvgIpc) is 2.65. The molecule has 0 spiro atoms. The molecule has 1 saturated heterocycles. The van der Waals surface area contributed by atoms with E-state index in [1.165, 1.54) is 0 Å². The number of benzene rings is 2. The summed E-state index contributed by atoms with van der Waals surface area (Å²) in [5.41, 5.74) is 0. The van der Waals surface area contributed by atoms with Gasteiger partial charge in [0.15, 0.2) is 0 Å². The molecule has 0 bridgehead atoms. The topological polar surface area (TPSA) is 65.1 Å². The van der Waals surface area contributed by atoms with E-state index in [4.69, 9.17) is 14.0 Å². The zero-order valence-corrected chi connectivity index (χ0v) is 15.6. The van der Waals surface area contributed by atoms with Crippen molar-refractivity contribution in [3.05, 3.63) is 54.6 Å². The molecule has 1 aliphatic heterocycles. The Hall–Kier alpha value is -2.14. The highest BCUT2D eigenvalue weighted by Crippen LogP contribution is 2.52. The fourth-order valence-electron chi connectivity index (χ4n) is 2.74. The van der Waals surface area contributed by atoms with E-state index in [1.54, 1.807) is 35.9 Å². The minimum absolute atomic E-state index is 0.0482. The normalized spacial score (nSPS) is 20.5. The van der Waals surface area contributed by atoms with E-state index in [1.807, 2.05) is 30.3 Å². The summed E-state index contributed by atoms with van der Waals surface area (Å²) >= 11 is 0. The third-order valence-corrected chi connectivity index (χ3v) is 6.53. The summed E-state index contributed by atoms with van der Waals surface area (Å²) in [6, 6.07) is 16.4. The number of ether oxygens (including phenoxy) is 2. The van der Waals surface area contributed by atoms with E-state index >= 15 is 0 Å². The lowest BCUT2D eigenvalue weighted by Crippen LogP contribution is -2.37. The Morgan fingerprint density at radius 3 is 2.50 bits per heavy atom. The molecule has 0 radical (unpaired) electrons. The molecule has 7 heteroatoms. The molecule has 0 saturated carbocycles. The molecule has 138 valence electrons. The maximum absolute atomic E-state index is 13.4. The van der Waals surface area contributed by atoms with Crippen LogP contribution < -0.4 is 10.0 Å². The average molecular weight is 375 g/mol. The van der Waals surface area contributed by atoms with E-state index in [-0.39, 0.29) is 6.54 Å². The molecular weight excluding hydrogens is 353 g/mol. The summed E-state index contributed by atoms with van der Waals surface area (Å²) in [7, 11) is -3.28. The fourth-order valence-corrected chi connectivity index (χ4v) is 4.99. The van der Waals surface area contributed by atoms with E-state index < -0.39 is 13.5 Å². The highest BCUT2D eigenvalue weighted by Gasteiger charge is 2.38. The summed E-state index contributed by atoms with van der Waals surface area (Å²) in [6.45, 7) is 2.92. The largest absolute Gasteiger partial charge is 0.465 e. The third kappa shape index (κ3) is 4.33. The molecule has 3 rings (SSSR count). The molecule has 1 heterocycles. The minimum atomic E-state index is -3.28. The first-order chi connectivity index (χ1) is 12.6. The Labute approximate surface area is 153 Å². The van der Waals surface area contributed by atoms with Gasteiger partial charge in [-0.3, -0.25) is 9.36 Å². The summed E-state index contributed by atoms with van der Waals surface area (Å²) in [5.74, 6) is 0.965. The van der Waals surface area contributed by atoms with Crippen molar-refractivity contribution in [3.63, 3.8) is 0 Å². The quantitative estimate of drug-likeness (QED) is 0.568. The minimum Gasteiger partial charge on any atom is -0.465 e. The molecule has 2 aromatic rings. The van der Waals surface area contributed by atoms with Gasteiger partial charge in [-0.05, 0) is 49.7 Å². The highest BCUT2D eigenvalue weighted by molar-refractivity contribution is 7.64. The molecule has 26 heavy (non-hydrogen) atoms. The lowest BCUT2D eigenvalue weighted by atomic mass is 10.3. The number of hydrogen-bond donors (Lipinski definition) is 0. The predicted molar refractivity (Wildman–Crippen MR) is 99.0 cm³/mol. The second-order valence-electron chi connectivity index (χ2n) is 5.81. The molecular formula is C19H22NO5P. The number of para-hydroxylation sites is 1. The van der Waals surface area contributed by atoms with E-state index in [0.29, 0.717) is 30.8 Å². The van der Waals surface area contributed by atoms with Crippen LogP contribution in [0.1, 0.15) is 13.3 Å². The van der Waals surface area contributed by atoms with E-state index in [2.05, 4.69) is 0 Å². The van der Waals surface area contributed by atoms with Gasteiger partial charge in [0.1, 0.15) is 18.0 Å². The molecule has 0 amide bonds. The van der Waals surface area contributed by atoms with Crippen LogP contribution in [0.15, 0.2) is 54.6 Å². The Morgan fingerprint density at radius 1 is 1.12 bits per heavy atom. The lowest BCUT2D eigenvalue weighted by molar-refractivity contribution is -0.143. The number of rotatable bonds is 6. The van der Waals surface area contributed by atoms with Crippen molar-refractivity contribution in [1.29, 1.82) is 0 Å². The Kier molecular flexibility index (Phi) is 6.09.